The van der Waals surface area contributed by atoms with Crippen LogP contribution in [0.1, 0.15) is 15.9 Å². The molecule has 7 heteroatoms. The highest BCUT2D eigenvalue weighted by Crippen LogP contribution is 2.18. The highest BCUT2D eigenvalue weighted by atomic mass is 35.5. The van der Waals surface area contributed by atoms with E-state index >= 15 is 0 Å². The average molecular weight is 314 g/mol. The van der Waals surface area contributed by atoms with E-state index in [0.717, 1.165) is 0 Å². The van der Waals surface area contributed by atoms with E-state index in [9.17, 15) is 9.18 Å². The molecule has 0 saturated heterocycles. The van der Waals surface area contributed by atoms with Crippen LogP contribution in [0.4, 0.5) is 10.2 Å². The van der Waals surface area contributed by atoms with Crippen molar-refractivity contribution in [2.45, 2.75) is 6.54 Å². The van der Waals surface area contributed by atoms with Gasteiger partial charge in [0.1, 0.15) is 11.6 Å². The van der Waals surface area contributed by atoms with E-state index in [4.69, 9.17) is 28.9 Å². The number of amides is 1. The van der Waals surface area contributed by atoms with Crippen molar-refractivity contribution in [2.24, 2.45) is 0 Å². The normalized spacial score (nSPS) is 10.3. The molecule has 0 aliphatic carbocycles. The number of nitrogens with two attached hydrogens (primary N) is 1. The summed E-state index contributed by atoms with van der Waals surface area (Å²) < 4.78 is 13.0. The third-order valence-corrected chi connectivity index (χ3v) is 3.15. The third-order valence-electron chi connectivity index (χ3n) is 2.56. The Bertz CT molecular complexity index is 664. The van der Waals surface area contributed by atoms with Gasteiger partial charge in [-0.3, -0.25) is 4.79 Å². The number of nitrogens with zero attached hydrogens (tertiary/aromatic N) is 1. The summed E-state index contributed by atoms with van der Waals surface area (Å²) >= 11 is 11.5. The number of nitrogens with one attached hydrogen (secondary N) is 1. The number of halogens is 3. The minimum atomic E-state index is -0.508. The molecule has 20 heavy (non-hydrogen) atoms. The Kier molecular flexibility index (Phi) is 4.42. The van der Waals surface area contributed by atoms with Crippen LogP contribution in [0.15, 0.2) is 30.5 Å². The summed E-state index contributed by atoms with van der Waals surface area (Å²) in [6.07, 6.45) is 1.31. The lowest BCUT2D eigenvalue weighted by Gasteiger charge is -2.08. The van der Waals surface area contributed by atoms with Gasteiger partial charge in [-0.1, -0.05) is 29.3 Å². The first-order chi connectivity index (χ1) is 9.47. The van der Waals surface area contributed by atoms with Gasteiger partial charge in [0.05, 0.1) is 15.6 Å². The van der Waals surface area contributed by atoms with Crippen molar-refractivity contribution < 1.29 is 9.18 Å². The Morgan fingerprint density at radius 1 is 1.30 bits per heavy atom. The topological polar surface area (TPSA) is 68.0 Å². The first-order valence-corrected chi connectivity index (χ1v) is 6.36. The molecule has 104 valence electrons. The highest BCUT2D eigenvalue weighted by Gasteiger charge is 2.11. The van der Waals surface area contributed by atoms with Gasteiger partial charge >= 0.3 is 0 Å². The molecular weight excluding hydrogens is 304 g/mol. The molecule has 2 rings (SSSR count). The first-order valence-electron chi connectivity index (χ1n) is 5.60. The fourth-order valence-electron chi connectivity index (χ4n) is 1.56. The fourth-order valence-corrected chi connectivity index (χ4v) is 1.95. The second kappa shape index (κ2) is 6.07. The molecule has 0 unspecified atom stereocenters. The van der Waals surface area contributed by atoms with Crippen LogP contribution in [0.3, 0.4) is 0 Å². The van der Waals surface area contributed by atoms with E-state index in [-0.39, 0.29) is 28.0 Å². The number of benzene rings is 1. The molecule has 0 aliphatic rings. The van der Waals surface area contributed by atoms with Gasteiger partial charge in [-0.2, -0.15) is 0 Å². The number of carbonyl (C=O) groups excluding carboxylic acids is 1. The Hall–Kier alpha value is -1.85. The summed E-state index contributed by atoms with van der Waals surface area (Å²) in [5.41, 5.74) is 6.40. The molecule has 0 atom stereocenters. The maximum Gasteiger partial charge on any atom is 0.253 e. The Balaban J connectivity index is 2.08. The zero-order valence-corrected chi connectivity index (χ0v) is 11.7. The van der Waals surface area contributed by atoms with E-state index < -0.39 is 11.7 Å². The van der Waals surface area contributed by atoms with Crippen LogP contribution < -0.4 is 11.1 Å². The van der Waals surface area contributed by atoms with Crippen LogP contribution in [0.5, 0.6) is 0 Å². The summed E-state index contributed by atoms with van der Waals surface area (Å²) in [6, 6.07) is 5.60. The number of aromatic nitrogens is 1. The van der Waals surface area contributed by atoms with Crippen LogP contribution in [0, 0.1) is 5.82 Å². The minimum absolute atomic E-state index is 0.00272. The van der Waals surface area contributed by atoms with Gasteiger partial charge in [0.15, 0.2) is 0 Å². The zero-order chi connectivity index (χ0) is 14.7. The van der Waals surface area contributed by atoms with Gasteiger partial charge in [0, 0.05) is 12.7 Å². The molecule has 3 N–H and O–H groups in total. The lowest BCUT2D eigenvalue weighted by molar-refractivity contribution is 0.0951. The first kappa shape index (κ1) is 14.6. The Labute approximate surface area is 124 Å². The largest absolute Gasteiger partial charge is 0.384 e. The van der Waals surface area contributed by atoms with Crippen molar-refractivity contribution in [3.05, 3.63) is 57.5 Å². The number of hydrogen-bond donors (Lipinski definition) is 2. The molecule has 0 saturated carbocycles. The van der Waals surface area contributed by atoms with E-state index in [0.29, 0.717) is 5.56 Å². The number of carbonyl (C=O) groups is 1. The quantitative estimate of drug-likeness (QED) is 0.915. The van der Waals surface area contributed by atoms with Crippen LogP contribution in [0.2, 0.25) is 10.0 Å². The van der Waals surface area contributed by atoms with Crippen LogP contribution in [0.25, 0.3) is 0 Å². The van der Waals surface area contributed by atoms with Crippen molar-refractivity contribution in [3.63, 3.8) is 0 Å². The van der Waals surface area contributed by atoms with Crippen LogP contribution in [-0.4, -0.2) is 10.9 Å². The van der Waals surface area contributed by atoms with E-state index in [1.807, 2.05) is 0 Å². The average Bonchev–Trinajstić information content (AvgIpc) is 2.42. The summed E-state index contributed by atoms with van der Waals surface area (Å²) in [4.78, 5) is 15.7. The third kappa shape index (κ3) is 3.37. The van der Waals surface area contributed by atoms with E-state index in [1.165, 1.54) is 30.5 Å². The summed E-state index contributed by atoms with van der Waals surface area (Å²) in [5, 5.41) is 2.85. The van der Waals surface area contributed by atoms with Gasteiger partial charge in [-0.05, 0) is 23.8 Å². The maximum atomic E-state index is 13.0. The standard InChI is InChI=1S/C13H10Cl2FN3O/c14-9-3-7(1-2-11(9)16)5-19-13(20)8-4-12(17)18-6-10(8)15/h1-4,6H,5H2,(H2,17,18)(H,19,20). The van der Waals surface area contributed by atoms with Gasteiger partial charge in [0.2, 0.25) is 0 Å². The Morgan fingerprint density at radius 2 is 2.05 bits per heavy atom. The monoisotopic (exact) mass is 313 g/mol. The molecule has 1 aromatic heterocycles. The minimum Gasteiger partial charge on any atom is -0.384 e. The number of nitrogen functional groups attached to an aromatic ring is 1. The molecule has 0 fully saturated rings. The van der Waals surface area contributed by atoms with Gasteiger partial charge in [-0.25, -0.2) is 9.37 Å². The number of rotatable bonds is 3. The molecule has 0 aliphatic heterocycles. The van der Waals surface area contributed by atoms with E-state index in [2.05, 4.69) is 10.3 Å². The smallest absolute Gasteiger partial charge is 0.253 e. The SMILES string of the molecule is Nc1cc(C(=O)NCc2ccc(F)c(Cl)c2)c(Cl)cn1. The highest BCUT2D eigenvalue weighted by molar-refractivity contribution is 6.33. The predicted molar refractivity (Wildman–Crippen MR) is 76.2 cm³/mol. The number of hydrogen-bond acceptors (Lipinski definition) is 3. The predicted octanol–water partition coefficient (Wildman–Crippen LogP) is 3.04. The zero-order valence-electron chi connectivity index (χ0n) is 10.2. The van der Waals surface area contributed by atoms with Crippen molar-refractivity contribution in [1.29, 1.82) is 0 Å². The summed E-state index contributed by atoms with van der Waals surface area (Å²) in [7, 11) is 0. The van der Waals surface area contributed by atoms with Crippen LogP contribution >= 0.6 is 23.2 Å². The van der Waals surface area contributed by atoms with Gasteiger partial charge in [-0.15, -0.1) is 0 Å². The van der Waals surface area contributed by atoms with Gasteiger partial charge in [0.25, 0.3) is 5.91 Å². The molecule has 2 aromatic rings. The number of pyridine rings is 1. The van der Waals surface area contributed by atoms with Crippen molar-refractivity contribution in [3.8, 4) is 0 Å². The molecular formula is C13H10Cl2FN3O. The van der Waals surface area contributed by atoms with Gasteiger partial charge < -0.3 is 11.1 Å². The number of anilines is 1. The summed E-state index contributed by atoms with van der Waals surface area (Å²) in [5.74, 6) is -0.708. The Morgan fingerprint density at radius 3 is 2.75 bits per heavy atom. The second-order valence-electron chi connectivity index (χ2n) is 4.02. The lowest BCUT2D eigenvalue weighted by atomic mass is 10.2. The van der Waals surface area contributed by atoms with Crippen molar-refractivity contribution in [1.82, 2.24) is 10.3 Å². The molecule has 0 radical (unpaired) electrons. The second-order valence-corrected chi connectivity index (χ2v) is 4.83. The summed E-state index contributed by atoms with van der Waals surface area (Å²) in [6.45, 7) is 0.192. The molecule has 4 nitrogen and oxygen atoms in total. The fraction of sp³-hybridized carbons (Fsp3) is 0.0769. The molecule has 1 heterocycles. The van der Waals surface area contributed by atoms with Crippen molar-refractivity contribution in [2.75, 3.05) is 5.73 Å². The van der Waals surface area contributed by atoms with Crippen molar-refractivity contribution >= 4 is 34.9 Å². The molecule has 1 aromatic carbocycles. The lowest BCUT2D eigenvalue weighted by Crippen LogP contribution is -2.23. The molecule has 1 amide bonds. The molecule has 0 bridgehead atoms. The molecule has 0 spiro atoms. The maximum absolute atomic E-state index is 13.0. The van der Waals surface area contributed by atoms with E-state index in [1.54, 1.807) is 0 Å². The van der Waals surface area contributed by atoms with Crippen LogP contribution in [-0.2, 0) is 6.54 Å².